The average Bonchev–Trinajstić information content (AvgIpc) is 2.20. The van der Waals surface area contributed by atoms with Gasteiger partial charge in [-0.2, -0.15) is 5.26 Å². The van der Waals surface area contributed by atoms with Gasteiger partial charge in [0, 0.05) is 5.56 Å². The molecule has 15 heavy (non-hydrogen) atoms. The van der Waals surface area contributed by atoms with Crippen molar-refractivity contribution in [3.63, 3.8) is 0 Å². The van der Waals surface area contributed by atoms with Crippen LogP contribution in [0, 0.1) is 17.1 Å². The van der Waals surface area contributed by atoms with Crippen LogP contribution in [0.4, 0.5) is 4.39 Å². The van der Waals surface area contributed by atoms with E-state index >= 15 is 0 Å². The number of nitriles is 1. The van der Waals surface area contributed by atoms with E-state index in [1.165, 1.54) is 12.1 Å². The van der Waals surface area contributed by atoms with Crippen LogP contribution in [0.5, 0.6) is 0 Å². The third-order valence-corrected chi connectivity index (χ3v) is 2.19. The highest BCUT2D eigenvalue weighted by molar-refractivity contribution is 6.17. The summed E-state index contributed by atoms with van der Waals surface area (Å²) in [5.74, 6) is -1.98. The van der Waals surface area contributed by atoms with E-state index in [9.17, 15) is 9.18 Å². The van der Waals surface area contributed by atoms with Crippen LogP contribution in [0.25, 0.3) is 0 Å². The van der Waals surface area contributed by atoms with Gasteiger partial charge in [0.2, 0.25) is 0 Å². The van der Waals surface area contributed by atoms with E-state index in [2.05, 4.69) is 0 Å². The highest BCUT2D eigenvalue weighted by Crippen LogP contribution is 2.19. The maximum Gasteiger partial charge on any atom is 0.307 e. The van der Waals surface area contributed by atoms with Crippen molar-refractivity contribution in [2.45, 2.75) is 12.3 Å². The third-order valence-electron chi connectivity index (χ3n) is 1.92. The first-order chi connectivity index (χ1) is 7.10. The minimum Gasteiger partial charge on any atom is -0.481 e. The molecule has 1 aromatic rings. The van der Waals surface area contributed by atoms with E-state index in [1.807, 2.05) is 0 Å². The van der Waals surface area contributed by atoms with Gasteiger partial charge in [-0.05, 0) is 11.6 Å². The summed E-state index contributed by atoms with van der Waals surface area (Å²) < 4.78 is 13.6. The number of rotatable bonds is 3. The molecule has 0 atom stereocenters. The maximum absolute atomic E-state index is 13.6. The van der Waals surface area contributed by atoms with Crippen LogP contribution < -0.4 is 0 Å². The summed E-state index contributed by atoms with van der Waals surface area (Å²) in [4.78, 5) is 10.4. The van der Waals surface area contributed by atoms with Crippen LogP contribution in [-0.2, 0) is 17.1 Å². The Hall–Kier alpha value is -1.60. The molecule has 0 amide bonds. The molecule has 3 nitrogen and oxygen atoms in total. The van der Waals surface area contributed by atoms with Crippen molar-refractivity contribution in [1.82, 2.24) is 0 Å². The van der Waals surface area contributed by atoms with Crippen molar-refractivity contribution < 1.29 is 14.3 Å². The molecule has 0 spiro atoms. The topological polar surface area (TPSA) is 61.1 Å². The van der Waals surface area contributed by atoms with Crippen molar-refractivity contribution in [3.8, 4) is 6.07 Å². The quantitative estimate of drug-likeness (QED) is 0.804. The zero-order valence-corrected chi connectivity index (χ0v) is 8.38. The van der Waals surface area contributed by atoms with E-state index in [0.29, 0.717) is 0 Å². The fraction of sp³-hybridized carbons (Fsp3) is 0.200. The highest BCUT2D eigenvalue weighted by Gasteiger charge is 2.14. The highest BCUT2D eigenvalue weighted by atomic mass is 35.5. The lowest BCUT2D eigenvalue weighted by Gasteiger charge is -2.05. The molecule has 0 aromatic heterocycles. The van der Waals surface area contributed by atoms with Gasteiger partial charge in [-0.15, -0.1) is 11.6 Å². The second kappa shape index (κ2) is 4.76. The van der Waals surface area contributed by atoms with Crippen molar-refractivity contribution in [2.24, 2.45) is 0 Å². The first-order valence-corrected chi connectivity index (χ1v) is 4.61. The van der Waals surface area contributed by atoms with E-state index in [0.717, 1.165) is 0 Å². The summed E-state index contributed by atoms with van der Waals surface area (Å²) in [7, 11) is 0. The molecular weight excluding hydrogens is 221 g/mol. The van der Waals surface area contributed by atoms with Crippen LogP contribution in [0.2, 0.25) is 0 Å². The van der Waals surface area contributed by atoms with E-state index < -0.39 is 18.2 Å². The number of alkyl halides is 1. The Kier molecular flexibility index (Phi) is 3.64. The van der Waals surface area contributed by atoms with Crippen LogP contribution >= 0.6 is 11.6 Å². The van der Waals surface area contributed by atoms with Gasteiger partial charge in [0.15, 0.2) is 0 Å². The molecule has 5 heteroatoms. The lowest BCUT2D eigenvalue weighted by Crippen LogP contribution is -2.05. The fourth-order valence-electron chi connectivity index (χ4n) is 1.20. The Bertz CT molecular complexity index is 440. The van der Waals surface area contributed by atoms with Gasteiger partial charge in [-0.25, -0.2) is 4.39 Å². The number of nitrogens with zero attached hydrogens (tertiary/aromatic N) is 1. The maximum atomic E-state index is 13.6. The summed E-state index contributed by atoms with van der Waals surface area (Å²) in [6.07, 6.45) is -0.415. The van der Waals surface area contributed by atoms with Crippen molar-refractivity contribution >= 4 is 17.6 Å². The van der Waals surface area contributed by atoms with Crippen molar-refractivity contribution in [1.29, 1.82) is 5.26 Å². The first kappa shape index (κ1) is 11.5. The van der Waals surface area contributed by atoms with Gasteiger partial charge in [0.05, 0.1) is 23.9 Å². The molecule has 0 saturated heterocycles. The Morgan fingerprint density at radius 3 is 2.73 bits per heavy atom. The number of carboxylic acids is 1. The Labute approximate surface area is 90.7 Å². The summed E-state index contributed by atoms with van der Waals surface area (Å²) in [6, 6.07) is 4.46. The molecule has 1 N–H and O–H groups in total. The monoisotopic (exact) mass is 227 g/mol. The van der Waals surface area contributed by atoms with Gasteiger partial charge < -0.3 is 5.11 Å². The second-order valence-corrected chi connectivity index (χ2v) is 3.15. The largest absolute Gasteiger partial charge is 0.481 e. The Morgan fingerprint density at radius 2 is 2.27 bits per heavy atom. The summed E-state index contributed by atoms with van der Waals surface area (Å²) in [6.45, 7) is 0. The number of carbonyl (C=O) groups is 1. The molecule has 78 valence electrons. The molecule has 0 aliphatic rings. The average molecular weight is 228 g/mol. The number of halogens is 2. The number of carboxylic acid groups (broad SMARTS) is 1. The second-order valence-electron chi connectivity index (χ2n) is 2.88. The van der Waals surface area contributed by atoms with Gasteiger partial charge >= 0.3 is 5.97 Å². The number of aliphatic carboxylic acids is 1. The molecule has 0 fully saturated rings. The van der Waals surface area contributed by atoms with Gasteiger partial charge in [-0.3, -0.25) is 4.79 Å². The predicted octanol–water partition coefficient (Wildman–Crippen LogP) is 2.06. The van der Waals surface area contributed by atoms with Crippen LogP contribution in [0.3, 0.4) is 0 Å². The van der Waals surface area contributed by atoms with Crippen LogP contribution in [0.15, 0.2) is 12.1 Å². The summed E-state index contributed by atoms with van der Waals surface area (Å²) in [5, 5.41) is 17.2. The Balaban J connectivity index is 3.24. The normalized spacial score (nSPS) is 9.67. The number of benzene rings is 1. The molecule has 0 radical (unpaired) electrons. The van der Waals surface area contributed by atoms with Crippen LogP contribution in [-0.4, -0.2) is 11.1 Å². The zero-order valence-electron chi connectivity index (χ0n) is 7.63. The molecule has 0 aliphatic carbocycles. The lowest BCUT2D eigenvalue weighted by molar-refractivity contribution is -0.136. The van der Waals surface area contributed by atoms with E-state index in [4.69, 9.17) is 22.0 Å². The molecule has 0 heterocycles. The summed E-state index contributed by atoms with van der Waals surface area (Å²) in [5.41, 5.74) is 0.228. The smallest absolute Gasteiger partial charge is 0.307 e. The Morgan fingerprint density at radius 1 is 1.60 bits per heavy atom. The third kappa shape index (κ3) is 2.45. The standard InChI is InChI=1S/C10H7ClFNO2/c11-4-8-7(5-13)2-1-6(10(8)12)3-9(14)15/h1-2H,3-4H2,(H,14,15). The molecule has 0 unspecified atom stereocenters. The number of hydrogen-bond acceptors (Lipinski definition) is 2. The minimum atomic E-state index is -1.13. The lowest BCUT2D eigenvalue weighted by atomic mass is 10.0. The molecule has 0 bridgehead atoms. The number of hydrogen-bond donors (Lipinski definition) is 1. The molecule has 0 saturated carbocycles. The van der Waals surface area contributed by atoms with Crippen molar-refractivity contribution in [3.05, 3.63) is 34.6 Å². The molecule has 1 aromatic carbocycles. The molecular formula is C10H7ClFNO2. The molecule has 0 aliphatic heterocycles. The SMILES string of the molecule is N#Cc1ccc(CC(=O)O)c(F)c1CCl. The minimum absolute atomic E-state index is 0.0390. The predicted molar refractivity (Wildman–Crippen MR) is 52.0 cm³/mol. The van der Waals surface area contributed by atoms with E-state index in [-0.39, 0.29) is 22.6 Å². The molecule has 1 rings (SSSR count). The van der Waals surface area contributed by atoms with Gasteiger partial charge in [0.1, 0.15) is 5.82 Å². The van der Waals surface area contributed by atoms with Gasteiger partial charge in [-0.1, -0.05) is 6.07 Å². The summed E-state index contributed by atoms with van der Waals surface area (Å²) >= 11 is 5.49. The first-order valence-electron chi connectivity index (χ1n) is 4.08. The zero-order chi connectivity index (χ0) is 11.4. The van der Waals surface area contributed by atoms with Gasteiger partial charge in [0.25, 0.3) is 0 Å². The van der Waals surface area contributed by atoms with Crippen LogP contribution in [0.1, 0.15) is 16.7 Å². The fourth-order valence-corrected chi connectivity index (χ4v) is 1.47. The van der Waals surface area contributed by atoms with E-state index in [1.54, 1.807) is 6.07 Å². The van der Waals surface area contributed by atoms with Crippen molar-refractivity contribution in [2.75, 3.05) is 0 Å².